The van der Waals surface area contributed by atoms with Gasteiger partial charge < -0.3 is 15.2 Å². The summed E-state index contributed by atoms with van der Waals surface area (Å²) in [6, 6.07) is 5.05. The van der Waals surface area contributed by atoms with Gasteiger partial charge in [0.25, 0.3) is 5.91 Å². The van der Waals surface area contributed by atoms with Gasteiger partial charge in [-0.05, 0) is 32.0 Å². The molecule has 2 rings (SSSR count). The number of carbonyl (C=O) groups excluding carboxylic acids is 1. The van der Waals surface area contributed by atoms with Crippen LogP contribution in [0.15, 0.2) is 18.2 Å². The highest BCUT2D eigenvalue weighted by Gasteiger charge is 2.12. The lowest BCUT2D eigenvalue weighted by Crippen LogP contribution is -2.14. The maximum atomic E-state index is 11.9. The van der Waals surface area contributed by atoms with Crippen LogP contribution < -0.4 is 10.1 Å². The molecule has 0 fully saturated rings. The highest BCUT2D eigenvalue weighted by Crippen LogP contribution is 2.23. The van der Waals surface area contributed by atoms with Crippen LogP contribution in [0.3, 0.4) is 0 Å². The Hall–Kier alpha value is -2.41. The Morgan fingerprint density at radius 3 is 2.90 bits per heavy atom. The molecule has 0 unspecified atom stereocenters. The van der Waals surface area contributed by atoms with Gasteiger partial charge in [0.15, 0.2) is 0 Å². The zero-order chi connectivity index (χ0) is 14.5. The molecule has 0 saturated carbocycles. The van der Waals surface area contributed by atoms with Crippen molar-refractivity contribution in [2.24, 2.45) is 0 Å². The average molecular weight is 276 g/mol. The van der Waals surface area contributed by atoms with Crippen molar-refractivity contribution in [2.75, 3.05) is 11.9 Å². The summed E-state index contributed by atoms with van der Waals surface area (Å²) in [4.78, 5) is 15.8. The van der Waals surface area contributed by atoms with E-state index in [-0.39, 0.29) is 12.4 Å². The van der Waals surface area contributed by atoms with Gasteiger partial charge in [-0.15, -0.1) is 5.10 Å². The van der Waals surface area contributed by atoms with Crippen LogP contribution in [0.2, 0.25) is 0 Å². The van der Waals surface area contributed by atoms with Crippen molar-refractivity contribution in [1.82, 2.24) is 15.2 Å². The maximum absolute atomic E-state index is 11.9. The summed E-state index contributed by atoms with van der Waals surface area (Å²) >= 11 is 0. The number of amides is 1. The minimum atomic E-state index is -0.414. The molecule has 0 spiro atoms. The number of benzene rings is 1. The van der Waals surface area contributed by atoms with Crippen LogP contribution in [0.5, 0.6) is 5.75 Å². The lowest BCUT2D eigenvalue weighted by molar-refractivity contribution is 0.101. The Kier molecular flexibility index (Phi) is 4.31. The van der Waals surface area contributed by atoms with Crippen molar-refractivity contribution in [3.8, 4) is 5.75 Å². The molecule has 1 aromatic heterocycles. The predicted molar refractivity (Wildman–Crippen MR) is 72.6 cm³/mol. The lowest BCUT2D eigenvalue weighted by atomic mass is 10.2. The number of anilines is 1. The second-order valence-corrected chi connectivity index (χ2v) is 4.11. The number of hydrogen-bond donors (Lipinski definition) is 3. The molecular weight excluding hydrogens is 260 g/mol. The zero-order valence-electron chi connectivity index (χ0n) is 11.3. The van der Waals surface area contributed by atoms with E-state index in [9.17, 15) is 9.90 Å². The number of aryl methyl sites for hydroxylation is 1. The first-order valence-electron chi connectivity index (χ1n) is 6.21. The van der Waals surface area contributed by atoms with Crippen molar-refractivity contribution in [3.05, 3.63) is 35.4 Å². The average Bonchev–Trinajstić information content (AvgIpc) is 2.87. The number of aliphatic hydroxyl groups excluding tert-OH is 1. The Morgan fingerprint density at radius 1 is 1.50 bits per heavy atom. The standard InChI is InChI=1S/C13H16N4O3/c1-3-20-11-5-4-10(6-9(11)7-18)15-13(19)12-14-8(2)16-17-12/h4-6,18H,3,7H2,1-2H3,(H,15,19)(H,14,16,17). The monoisotopic (exact) mass is 276 g/mol. The predicted octanol–water partition coefficient (Wildman–Crippen LogP) is 1.26. The van der Waals surface area contributed by atoms with E-state index < -0.39 is 5.91 Å². The number of aromatic nitrogens is 3. The van der Waals surface area contributed by atoms with Crippen LogP contribution in [0, 0.1) is 6.92 Å². The number of H-pyrrole nitrogens is 1. The highest BCUT2D eigenvalue weighted by atomic mass is 16.5. The smallest absolute Gasteiger partial charge is 0.295 e. The SMILES string of the molecule is CCOc1ccc(NC(=O)c2n[nH]c(C)n2)cc1CO. The molecule has 0 aliphatic carbocycles. The summed E-state index contributed by atoms with van der Waals surface area (Å²) in [5.41, 5.74) is 1.15. The van der Waals surface area contributed by atoms with E-state index in [4.69, 9.17) is 4.74 Å². The van der Waals surface area contributed by atoms with E-state index in [1.165, 1.54) is 0 Å². The van der Waals surface area contributed by atoms with Crippen LogP contribution in [-0.2, 0) is 6.61 Å². The van der Waals surface area contributed by atoms with Gasteiger partial charge in [-0.3, -0.25) is 9.89 Å². The summed E-state index contributed by atoms with van der Waals surface area (Å²) in [6.07, 6.45) is 0. The van der Waals surface area contributed by atoms with Crippen LogP contribution in [0.4, 0.5) is 5.69 Å². The molecule has 20 heavy (non-hydrogen) atoms. The number of ether oxygens (including phenoxy) is 1. The first kappa shape index (κ1) is 14.0. The van der Waals surface area contributed by atoms with Crippen LogP contribution in [0.25, 0.3) is 0 Å². The van der Waals surface area contributed by atoms with Gasteiger partial charge >= 0.3 is 0 Å². The van der Waals surface area contributed by atoms with Crippen molar-refractivity contribution >= 4 is 11.6 Å². The Morgan fingerprint density at radius 2 is 2.30 bits per heavy atom. The van der Waals surface area contributed by atoms with Gasteiger partial charge in [0.05, 0.1) is 13.2 Å². The number of nitrogens with one attached hydrogen (secondary N) is 2. The van der Waals surface area contributed by atoms with Gasteiger partial charge in [0.1, 0.15) is 11.6 Å². The Balaban J connectivity index is 2.15. The summed E-state index contributed by atoms with van der Waals surface area (Å²) in [5.74, 6) is 0.823. The quantitative estimate of drug-likeness (QED) is 0.763. The molecule has 106 valence electrons. The van der Waals surface area contributed by atoms with Gasteiger partial charge in [0, 0.05) is 11.3 Å². The van der Waals surface area contributed by atoms with E-state index in [0.29, 0.717) is 29.4 Å². The fraction of sp³-hybridized carbons (Fsp3) is 0.308. The molecule has 0 saturated heterocycles. The minimum Gasteiger partial charge on any atom is -0.494 e. The molecular formula is C13H16N4O3. The second-order valence-electron chi connectivity index (χ2n) is 4.11. The van der Waals surface area contributed by atoms with E-state index in [0.717, 1.165) is 0 Å². The van der Waals surface area contributed by atoms with E-state index in [1.54, 1.807) is 25.1 Å². The van der Waals surface area contributed by atoms with E-state index >= 15 is 0 Å². The van der Waals surface area contributed by atoms with Gasteiger partial charge in [-0.1, -0.05) is 0 Å². The third-order valence-electron chi connectivity index (χ3n) is 2.59. The third kappa shape index (κ3) is 3.12. The molecule has 1 aromatic carbocycles. The van der Waals surface area contributed by atoms with Gasteiger partial charge in [-0.2, -0.15) is 0 Å². The van der Waals surface area contributed by atoms with Crippen LogP contribution >= 0.6 is 0 Å². The van der Waals surface area contributed by atoms with Crippen LogP contribution in [-0.4, -0.2) is 32.8 Å². The molecule has 1 heterocycles. The van der Waals surface area contributed by atoms with Crippen molar-refractivity contribution in [1.29, 1.82) is 0 Å². The van der Waals surface area contributed by atoms with Crippen molar-refractivity contribution in [2.45, 2.75) is 20.5 Å². The maximum Gasteiger partial charge on any atom is 0.295 e. The molecule has 7 nitrogen and oxygen atoms in total. The summed E-state index contributed by atoms with van der Waals surface area (Å²) in [7, 11) is 0. The zero-order valence-corrected chi connectivity index (χ0v) is 11.3. The summed E-state index contributed by atoms with van der Waals surface area (Å²) in [6.45, 7) is 3.92. The first-order valence-corrected chi connectivity index (χ1v) is 6.21. The molecule has 0 atom stereocenters. The fourth-order valence-corrected chi connectivity index (χ4v) is 1.71. The Bertz CT molecular complexity index is 609. The van der Waals surface area contributed by atoms with Gasteiger partial charge in [-0.25, -0.2) is 4.98 Å². The number of carbonyl (C=O) groups is 1. The first-order chi connectivity index (χ1) is 9.63. The largest absolute Gasteiger partial charge is 0.494 e. The Labute approximate surface area is 116 Å². The molecule has 7 heteroatoms. The number of nitrogens with zero attached hydrogens (tertiary/aromatic N) is 2. The second kappa shape index (κ2) is 6.16. The topological polar surface area (TPSA) is 100 Å². The van der Waals surface area contributed by atoms with Crippen LogP contribution in [0.1, 0.15) is 28.9 Å². The van der Waals surface area contributed by atoms with Gasteiger partial charge in [0.2, 0.25) is 5.82 Å². The molecule has 2 aromatic rings. The van der Waals surface area contributed by atoms with Crippen molar-refractivity contribution in [3.63, 3.8) is 0 Å². The molecule has 0 aliphatic rings. The number of hydrogen-bond acceptors (Lipinski definition) is 5. The fourth-order valence-electron chi connectivity index (χ4n) is 1.71. The van der Waals surface area contributed by atoms with E-state index in [1.807, 2.05) is 6.92 Å². The number of rotatable bonds is 5. The molecule has 1 amide bonds. The highest BCUT2D eigenvalue weighted by molar-refractivity contribution is 6.01. The number of aliphatic hydroxyl groups is 1. The molecule has 3 N–H and O–H groups in total. The molecule has 0 radical (unpaired) electrons. The molecule has 0 aliphatic heterocycles. The van der Waals surface area contributed by atoms with E-state index in [2.05, 4.69) is 20.5 Å². The normalized spacial score (nSPS) is 10.3. The van der Waals surface area contributed by atoms with Crippen molar-refractivity contribution < 1.29 is 14.6 Å². The summed E-state index contributed by atoms with van der Waals surface area (Å²) in [5, 5.41) is 18.3. The molecule has 0 bridgehead atoms. The third-order valence-corrected chi connectivity index (χ3v) is 2.59. The minimum absolute atomic E-state index is 0.0712. The lowest BCUT2D eigenvalue weighted by Gasteiger charge is -2.10. The number of aromatic amines is 1. The summed E-state index contributed by atoms with van der Waals surface area (Å²) < 4.78 is 5.37.